The Kier molecular flexibility index (Phi) is 11.1. The molecule has 0 aliphatic carbocycles. The Bertz CT molecular complexity index is 1680. The van der Waals surface area contributed by atoms with Gasteiger partial charge >= 0.3 is 0 Å². The van der Waals surface area contributed by atoms with E-state index in [0.29, 0.717) is 55.9 Å². The highest BCUT2D eigenvalue weighted by Crippen LogP contribution is 2.37. The minimum atomic E-state index is -0.616. The number of piperidine rings is 1. The predicted octanol–water partition coefficient (Wildman–Crippen LogP) is 7.68. The summed E-state index contributed by atoms with van der Waals surface area (Å²) in [7, 11) is 1.58. The Morgan fingerprint density at radius 3 is 2.69 bits per heavy atom. The van der Waals surface area contributed by atoms with Gasteiger partial charge < -0.3 is 19.1 Å². The molecule has 1 saturated heterocycles. The largest absolute Gasteiger partial charge is 0.493 e. The van der Waals surface area contributed by atoms with Crippen LogP contribution in [0.5, 0.6) is 23.0 Å². The smallest absolute Gasteiger partial charge is 0.244 e. The van der Waals surface area contributed by atoms with Crippen LogP contribution in [0.2, 0.25) is 10.0 Å². The van der Waals surface area contributed by atoms with Crippen molar-refractivity contribution in [2.75, 3.05) is 33.4 Å². The van der Waals surface area contributed by atoms with E-state index in [9.17, 15) is 4.79 Å². The second kappa shape index (κ2) is 15.4. The van der Waals surface area contributed by atoms with Gasteiger partial charge in [-0.3, -0.25) is 9.78 Å². The predicted molar refractivity (Wildman–Crippen MR) is 176 cm³/mol. The van der Waals surface area contributed by atoms with E-state index in [2.05, 4.69) is 27.3 Å². The molecule has 1 aromatic heterocycles. The van der Waals surface area contributed by atoms with Crippen LogP contribution < -0.4 is 19.6 Å². The number of benzene rings is 3. The average Bonchev–Trinajstić information content (AvgIpc) is 3.03. The summed E-state index contributed by atoms with van der Waals surface area (Å²) < 4.78 is 32.8. The second-order valence-electron chi connectivity index (χ2n) is 11.0. The molecule has 1 aliphatic heterocycles. The summed E-state index contributed by atoms with van der Waals surface area (Å²) >= 11 is 12.1. The van der Waals surface area contributed by atoms with Gasteiger partial charge in [0.25, 0.3) is 0 Å². The van der Waals surface area contributed by atoms with Crippen LogP contribution in [0, 0.1) is 11.7 Å². The van der Waals surface area contributed by atoms with Gasteiger partial charge in [-0.2, -0.15) is 5.10 Å². The lowest BCUT2D eigenvalue weighted by atomic mass is 9.99. The van der Waals surface area contributed by atoms with Crippen molar-refractivity contribution in [2.24, 2.45) is 11.0 Å². The molecule has 0 saturated carbocycles. The van der Waals surface area contributed by atoms with Crippen molar-refractivity contribution in [3.05, 3.63) is 87.8 Å². The minimum Gasteiger partial charge on any atom is -0.493 e. The third-order valence-electron chi connectivity index (χ3n) is 7.69. The fourth-order valence-electron chi connectivity index (χ4n) is 5.12. The fraction of sp³-hybridized carbons (Fsp3) is 0.324. The molecule has 0 atom stereocenters. The molecule has 1 aliphatic rings. The molecule has 1 amide bonds. The maximum Gasteiger partial charge on any atom is 0.244 e. The summed E-state index contributed by atoms with van der Waals surface area (Å²) in [5.41, 5.74) is 4.04. The van der Waals surface area contributed by atoms with Crippen LogP contribution >= 0.6 is 23.2 Å². The van der Waals surface area contributed by atoms with E-state index in [1.165, 1.54) is 31.2 Å². The van der Waals surface area contributed by atoms with E-state index in [-0.39, 0.29) is 12.2 Å². The van der Waals surface area contributed by atoms with E-state index >= 15 is 4.39 Å². The van der Waals surface area contributed by atoms with Crippen LogP contribution in [0.25, 0.3) is 10.9 Å². The molecular formula is C34H35Cl2FN4O4. The maximum atomic E-state index is 15.1. The lowest BCUT2D eigenvalue weighted by Gasteiger charge is -2.30. The minimum absolute atomic E-state index is 0.00618. The normalized spacial score (nSPS) is 14.2. The fourth-order valence-corrected chi connectivity index (χ4v) is 5.48. The molecule has 4 aromatic rings. The van der Waals surface area contributed by atoms with Gasteiger partial charge in [0.2, 0.25) is 5.91 Å². The first-order valence-electron chi connectivity index (χ1n) is 14.8. The summed E-state index contributed by atoms with van der Waals surface area (Å²) in [6, 6.07) is 14.7. The van der Waals surface area contributed by atoms with Gasteiger partial charge in [0.05, 0.1) is 41.9 Å². The summed E-state index contributed by atoms with van der Waals surface area (Å²) in [5, 5.41) is 5.27. The van der Waals surface area contributed by atoms with E-state index in [0.717, 1.165) is 32.0 Å². The van der Waals surface area contributed by atoms with Crippen LogP contribution in [0.3, 0.4) is 0 Å². The number of methoxy groups -OCH3 is 1. The maximum absolute atomic E-state index is 15.1. The zero-order valence-electron chi connectivity index (χ0n) is 25.2. The third-order valence-corrected chi connectivity index (χ3v) is 8.53. The highest BCUT2D eigenvalue weighted by Gasteiger charge is 2.17. The molecule has 5 rings (SSSR count). The number of nitrogens with zero attached hydrogens (tertiary/aromatic N) is 3. The molecule has 0 unspecified atom stereocenters. The molecule has 1 N–H and O–H groups in total. The van der Waals surface area contributed by atoms with Crippen LogP contribution in [-0.4, -0.2) is 55.4 Å². The Labute approximate surface area is 272 Å². The number of carbonyl (C=O) groups excluding carboxylic acids is 1. The first kappa shape index (κ1) is 32.5. The Morgan fingerprint density at radius 2 is 1.91 bits per heavy atom. The van der Waals surface area contributed by atoms with E-state index < -0.39 is 11.7 Å². The zero-order chi connectivity index (χ0) is 31.8. The van der Waals surface area contributed by atoms with Crippen molar-refractivity contribution in [1.29, 1.82) is 0 Å². The van der Waals surface area contributed by atoms with E-state index in [1.807, 2.05) is 6.07 Å². The Balaban J connectivity index is 1.20. The van der Waals surface area contributed by atoms with Gasteiger partial charge in [-0.05, 0) is 74.2 Å². The number of hydrogen-bond acceptors (Lipinski definition) is 7. The summed E-state index contributed by atoms with van der Waals surface area (Å²) in [4.78, 5) is 19.3. The molecule has 45 heavy (non-hydrogen) atoms. The molecule has 0 radical (unpaired) electrons. The number of nitrogens with one attached hydrogen (secondary N) is 1. The van der Waals surface area contributed by atoms with Crippen molar-refractivity contribution in [3.8, 4) is 23.0 Å². The number of rotatable bonds is 12. The van der Waals surface area contributed by atoms with Crippen molar-refractivity contribution in [3.63, 3.8) is 0 Å². The van der Waals surface area contributed by atoms with Crippen LogP contribution in [0.15, 0.2) is 65.9 Å². The second-order valence-corrected chi connectivity index (χ2v) is 11.8. The van der Waals surface area contributed by atoms with Gasteiger partial charge in [-0.15, -0.1) is 0 Å². The van der Waals surface area contributed by atoms with Crippen LogP contribution in [0.1, 0.15) is 37.3 Å². The molecule has 3 aromatic carbocycles. The average molecular weight is 654 g/mol. The van der Waals surface area contributed by atoms with Crippen LogP contribution in [0.4, 0.5) is 4.39 Å². The number of pyridine rings is 1. The van der Waals surface area contributed by atoms with Gasteiger partial charge in [0.15, 0.2) is 23.1 Å². The molecule has 1 fully saturated rings. The number of fused-ring (bicyclic) bond motifs is 1. The molecule has 0 bridgehead atoms. The van der Waals surface area contributed by atoms with Gasteiger partial charge in [-0.25, -0.2) is 9.82 Å². The SMILES string of the molecule is COc1cc2c(Oc3ccc(CC(=O)N/N=C/c4cccc(Cl)c4Cl)cc3F)ccnc2cc1OCCCN1CCC(C)CC1. The lowest BCUT2D eigenvalue weighted by molar-refractivity contribution is -0.120. The van der Waals surface area contributed by atoms with Gasteiger partial charge in [0.1, 0.15) is 5.75 Å². The number of amides is 1. The number of hydrogen-bond donors (Lipinski definition) is 1. The molecule has 2 heterocycles. The van der Waals surface area contributed by atoms with E-state index in [4.69, 9.17) is 37.4 Å². The topological polar surface area (TPSA) is 85.3 Å². The molecule has 11 heteroatoms. The quantitative estimate of drug-likeness (QED) is 0.0960. The first-order chi connectivity index (χ1) is 21.8. The summed E-state index contributed by atoms with van der Waals surface area (Å²) in [6.07, 6.45) is 6.31. The zero-order valence-corrected chi connectivity index (χ0v) is 26.7. The summed E-state index contributed by atoms with van der Waals surface area (Å²) in [5.74, 6) is 1.31. The first-order valence-corrected chi connectivity index (χ1v) is 15.6. The molecule has 236 valence electrons. The number of carbonyl (C=O) groups is 1. The lowest BCUT2D eigenvalue weighted by Crippen LogP contribution is -2.34. The van der Waals surface area contributed by atoms with E-state index in [1.54, 1.807) is 49.7 Å². The third kappa shape index (κ3) is 8.63. The number of hydrazone groups is 1. The van der Waals surface area contributed by atoms with Crippen molar-refractivity contribution >= 4 is 46.2 Å². The monoisotopic (exact) mass is 652 g/mol. The molecule has 0 spiro atoms. The summed E-state index contributed by atoms with van der Waals surface area (Å²) in [6.45, 7) is 6.15. The van der Waals surface area contributed by atoms with Gasteiger partial charge in [-0.1, -0.05) is 48.3 Å². The number of aromatic nitrogens is 1. The number of halogens is 3. The van der Waals surface area contributed by atoms with Crippen molar-refractivity contribution in [1.82, 2.24) is 15.3 Å². The number of ether oxygens (including phenoxy) is 3. The number of likely N-dealkylation sites (tertiary alicyclic amines) is 1. The van der Waals surface area contributed by atoms with Crippen molar-refractivity contribution in [2.45, 2.75) is 32.6 Å². The van der Waals surface area contributed by atoms with Gasteiger partial charge in [0, 0.05) is 29.8 Å². The molecular weight excluding hydrogens is 618 g/mol. The molecule has 8 nitrogen and oxygen atoms in total. The Morgan fingerprint density at radius 1 is 1.09 bits per heavy atom. The Hall–Kier alpha value is -3.92. The van der Waals surface area contributed by atoms with Crippen molar-refractivity contribution < 1.29 is 23.4 Å². The highest BCUT2D eigenvalue weighted by atomic mass is 35.5. The highest BCUT2D eigenvalue weighted by molar-refractivity contribution is 6.43. The van der Waals surface area contributed by atoms with Crippen LogP contribution in [-0.2, 0) is 11.2 Å². The standard InChI is InChI=1S/C34H35Cl2FN4O4/c1-22-10-14-41(15-11-22)13-4-16-44-32-20-28-25(19-31(32)43-2)29(9-12-38-28)45-30-8-7-23(17-27(30)37)18-33(42)40-39-21-24-5-3-6-26(35)34(24)36/h3,5-9,12,17,19-22H,4,10-11,13-16,18H2,1-2H3,(H,40,42)/b39-21+.